The van der Waals surface area contributed by atoms with E-state index in [2.05, 4.69) is 50.6 Å². The third kappa shape index (κ3) is 1.99. The first-order valence-electron chi connectivity index (χ1n) is 6.89. The molecule has 0 radical (unpaired) electrons. The summed E-state index contributed by atoms with van der Waals surface area (Å²) in [5, 5.41) is 11.1. The molecule has 1 fully saturated rings. The molecule has 0 atom stereocenters. The highest BCUT2D eigenvalue weighted by atomic mass is 32.1. The van der Waals surface area contributed by atoms with Crippen molar-refractivity contribution in [3.8, 4) is 0 Å². The molecular weight excluding hydrogens is 268 g/mol. The number of para-hydroxylation sites is 1. The van der Waals surface area contributed by atoms with Crippen LogP contribution in [0.15, 0.2) is 40.0 Å². The number of hydrogen-bond acceptors (Lipinski definition) is 5. The van der Waals surface area contributed by atoms with Gasteiger partial charge in [-0.1, -0.05) is 12.1 Å². The number of aliphatic imine (C=N–C) groups is 1. The summed E-state index contributed by atoms with van der Waals surface area (Å²) in [7, 11) is 0. The number of rotatable bonds is 0. The fourth-order valence-electron chi connectivity index (χ4n) is 2.69. The molecule has 2 aliphatic heterocycles. The third-order valence-electron chi connectivity index (χ3n) is 3.72. The van der Waals surface area contributed by atoms with E-state index in [1.807, 2.05) is 0 Å². The Kier molecular flexibility index (Phi) is 2.94. The Balaban J connectivity index is 1.85. The molecule has 20 heavy (non-hydrogen) atoms. The molecule has 0 bridgehead atoms. The molecule has 4 rings (SSSR count). The number of nitrogens with one attached hydrogen (secondary N) is 2. The minimum absolute atomic E-state index is 1.01. The van der Waals surface area contributed by atoms with E-state index in [9.17, 15) is 0 Å². The molecule has 0 amide bonds. The van der Waals surface area contributed by atoms with Crippen LogP contribution in [0.3, 0.4) is 0 Å². The van der Waals surface area contributed by atoms with E-state index in [1.165, 1.54) is 5.56 Å². The summed E-state index contributed by atoms with van der Waals surface area (Å²) in [5.41, 5.74) is 4.48. The second-order valence-electron chi connectivity index (χ2n) is 5.01. The maximum absolute atomic E-state index is 4.93. The molecule has 1 aromatic carbocycles. The van der Waals surface area contributed by atoms with Crippen molar-refractivity contribution in [3.05, 3.63) is 40.6 Å². The van der Waals surface area contributed by atoms with Gasteiger partial charge in [0.05, 0.1) is 11.4 Å². The SMILES string of the molecule is c1ccc2c(c1)Nc1cscc1N=C2N1CCNCC1. The molecule has 2 N–H and O–H groups in total. The Bertz CT molecular complexity index is 655. The lowest BCUT2D eigenvalue weighted by atomic mass is 10.1. The number of fused-ring (bicyclic) bond motifs is 2. The summed E-state index contributed by atoms with van der Waals surface area (Å²) in [6.45, 7) is 4.05. The summed E-state index contributed by atoms with van der Waals surface area (Å²) in [5.74, 6) is 1.09. The number of piperazine rings is 1. The Labute approximate surface area is 122 Å². The fourth-order valence-corrected chi connectivity index (χ4v) is 3.39. The molecule has 102 valence electrons. The van der Waals surface area contributed by atoms with Gasteiger partial charge in [0.2, 0.25) is 0 Å². The van der Waals surface area contributed by atoms with Gasteiger partial charge in [-0.3, -0.25) is 0 Å². The van der Waals surface area contributed by atoms with E-state index in [-0.39, 0.29) is 0 Å². The van der Waals surface area contributed by atoms with Crippen LogP contribution in [-0.2, 0) is 0 Å². The predicted molar refractivity (Wildman–Crippen MR) is 84.7 cm³/mol. The average molecular weight is 284 g/mol. The second kappa shape index (κ2) is 4.92. The second-order valence-corrected chi connectivity index (χ2v) is 5.76. The Morgan fingerprint density at radius 3 is 2.80 bits per heavy atom. The first-order chi connectivity index (χ1) is 9.92. The van der Waals surface area contributed by atoms with Gasteiger partial charge in [-0.15, -0.1) is 11.3 Å². The summed E-state index contributed by atoms with van der Waals surface area (Å²) in [4.78, 5) is 7.31. The summed E-state index contributed by atoms with van der Waals surface area (Å²) < 4.78 is 0. The van der Waals surface area contributed by atoms with Gasteiger partial charge in [-0.25, -0.2) is 4.99 Å². The van der Waals surface area contributed by atoms with Gasteiger partial charge in [-0.05, 0) is 12.1 Å². The van der Waals surface area contributed by atoms with Crippen LogP contribution in [-0.4, -0.2) is 36.9 Å². The number of benzene rings is 1. The molecular formula is C15H16N4S. The maximum atomic E-state index is 4.93. The smallest absolute Gasteiger partial charge is 0.138 e. The highest BCUT2D eigenvalue weighted by Gasteiger charge is 2.22. The van der Waals surface area contributed by atoms with Gasteiger partial charge in [0.15, 0.2) is 0 Å². The zero-order chi connectivity index (χ0) is 13.4. The van der Waals surface area contributed by atoms with Gasteiger partial charge in [-0.2, -0.15) is 0 Å². The van der Waals surface area contributed by atoms with Crippen molar-refractivity contribution in [2.45, 2.75) is 0 Å². The van der Waals surface area contributed by atoms with Crippen molar-refractivity contribution in [3.63, 3.8) is 0 Å². The Morgan fingerprint density at radius 1 is 1.05 bits per heavy atom. The van der Waals surface area contributed by atoms with Crippen molar-refractivity contribution in [1.29, 1.82) is 0 Å². The van der Waals surface area contributed by atoms with Crippen LogP contribution in [0.2, 0.25) is 0 Å². The molecule has 0 unspecified atom stereocenters. The number of hydrogen-bond donors (Lipinski definition) is 2. The van der Waals surface area contributed by atoms with Crippen LogP contribution in [0.25, 0.3) is 0 Å². The normalized spacial score (nSPS) is 17.6. The molecule has 4 nitrogen and oxygen atoms in total. The van der Waals surface area contributed by atoms with Crippen LogP contribution in [0.4, 0.5) is 17.1 Å². The molecule has 1 aromatic heterocycles. The van der Waals surface area contributed by atoms with Crippen molar-refractivity contribution in [2.75, 3.05) is 31.5 Å². The fraction of sp³-hybridized carbons (Fsp3) is 0.267. The highest BCUT2D eigenvalue weighted by Crippen LogP contribution is 2.37. The predicted octanol–water partition coefficient (Wildman–Crippen LogP) is 2.79. The van der Waals surface area contributed by atoms with E-state index >= 15 is 0 Å². The van der Waals surface area contributed by atoms with Crippen LogP contribution in [0, 0.1) is 0 Å². The quantitative estimate of drug-likeness (QED) is 0.781. The molecule has 1 saturated heterocycles. The Morgan fingerprint density at radius 2 is 1.90 bits per heavy atom. The highest BCUT2D eigenvalue weighted by molar-refractivity contribution is 7.08. The van der Waals surface area contributed by atoms with Gasteiger partial charge in [0.25, 0.3) is 0 Å². The minimum atomic E-state index is 1.01. The molecule has 5 heteroatoms. The van der Waals surface area contributed by atoms with Crippen molar-refractivity contribution in [1.82, 2.24) is 10.2 Å². The van der Waals surface area contributed by atoms with Crippen LogP contribution >= 0.6 is 11.3 Å². The number of nitrogens with zero attached hydrogens (tertiary/aromatic N) is 2. The summed E-state index contributed by atoms with van der Waals surface area (Å²) in [6, 6.07) is 8.42. The minimum Gasteiger partial charge on any atom is -0.353 e. The monoisotopic (exact) mass is 284 g/mol. The first kappa shape index (κ1) is 11.9. The average Bonchev–Trinajstić information content (AvgIpc) is 2.87. The number of amidine groups is 1. The van der Waals surface area contributed by atoms with Crippen LogP contribution in [0.1, 0.15) is 5.56 Å². The van der Waals surface area contributed by atoms with Gasteiger partial charge in [0.1, 0.15) is 5.84 Å². The molecule has 2 aromatic rings. The molecule has 3 heterocycles. The third-order valence-corrected chi connectivity index (χ3v) is 4.45. The lowest BCUT2D eigenvalue weighted by molar-refractivity contribution is 0.358. The van der Waals surface area contributed by atoms with E-state index in [4.69, 9.17) is 4.99 Å². The number of thiophene rings is 1. The largest absolute Gasteiger partial charge is 0.353 e. The van der Waals surface area contributed by atoms with Gasteiger partial charge < -0.3 is 15.5 Å². The zero-order valence-electron chi connectivity index (χ0n) is 11.1. The van der Waals surface area contributed by atoms with Gasteiger partial charge >= 0.3 is 0 Å². The topological polar surface area (TPSA) is 39.7 Å². The van der Waals surface area contributed by atoms with E-state index < -0.39 is 0 Å². The maximum Gasteiger partial charge on any atom is 0.138 e. The van der Waals surface area contributed by atoms with E-state index in [0.717, 1.165) is 49.1 Å². The van der Waals surface area contributed by atoms with Crippen molar-refractivity contribution < 1.29 is 0 Å². The number of anilines is 2. The summed E-state index contributed by atoms with van der Waals surface area (Å²) >= 11 is 1.69. The lowest BCUT2D eigenvalue weighted by Gasteiger charge is -2.30. The Hall–Kier alpha value is -1.85. The molecule has 0 spiro atoms. The van der Waals surface area contributed by atoms with Crippen molar-refractivity contribution >= 4 is 34.2 Å². The zero-order valence-corrected chi connectivity index (χ0v) is 11.9. The molecule has 0 aliphatic carbocycles. The van der Waals surface area contributed by atoms with Crippen molar-refractivity contribution in [2.24, 2.45) is 4.99 Å². The standard InChI is InChI=1S/C15H16N4S/c1-2-4-12-11(3-1)15(19-7-5-16-6-8-19)18-14-10-20-9-13(14)17-12/h1-4,9-10,16-17H,5-8H2. The molecule has 0 saturated carbocycles. The van der Waals surface area contributed by atoms with Crippen LogP contribution < -0.4 is 10.6 Å². The van der Waals surface area contributed by atoms with E-state index in [1.54, 1.807) is 11.3 Å². The first-order valence-corrected chi connectivity index (χ1v) is 7.83. The summed E-state index contributed by atoms with van der Waals surface area (Å²) in [6.07, 6.45) is 0. The van der Waals surface area contributed by atoms with Gasteiger partial charge in [0, 0.05) is 48.2 Å². The molecule has 2 aliphatic rings. The van der Waals surface area contributed by atoms with E-state index in [0.29, 0.717) is 0 Å². The van der Waals surface area contributed by atoms with Crippen LogP contribution in [0.5, 0.6) is 0 Å². The lowest BCUT2D eigenvalue weighted by Crippen LogP contribution is -2.46.